The zero-order valence-corrected chi connectivity index (χ0v) is 12.9. The molecule has 1 aliphatic rings. The highest BCUT2D eigenvalue weighted by Crippen LogP contribution is 2.44. The molecule has 0 radical (unpaired) electrons. The zero-order valence-electron chi connectivity index (χ0n) is 11.4. The van der Waals surface area contributed by atoms with Crippen molar-refractivity contribution < 1.29 is 13.2 Å². The van der Waals surface area contributed by atoms with Crippen LogP contribution in [0, 0.1) is 11.3 Å². The van der Waals surface area contributed by atoms with Crippen LogP contribution in [0.5, 0.6) is 0 Å². The molecule has 9 heteroatoms. The Balaban J connectivity index is 2.05. The van der Waals surface area contributed by atoms with Gasteiger partial charge in [-0.1, -0.05) is 29.3 Å². The van der Waals surface area contributed by atoms with Crippen LogP contribution in [-0.2, 0) is 0 Å². The SMILES string of the molecule is N#Cc1cnn2c1N[C@H](c1ccc(Cl)c(Cl)c1)C[C@H]2C(F)(F)F. The lowest BCUT2D eigenvalue weighted by Crippen LogP contribution is -2.35. The number of benzene rings is 1. The van der Waals surface area contributed by atoms with Gasteiger partial charge in [0.25, 0.3) is 0 Å². The third-order valence-corrected chi connectivity index (χ3v) is 4.44. The van der Waals surface area contributed by atoms with Crippen molar-refractivity contribution in [3.63, 3.8) is 0 Å². The molecule has 0 amide bonds. The fourth-order valence-electron chi connectivity index (χ4n) is 2.59. The summed E-state index contributed by atoms with van der Waals surface area (Å²) in [6.45, 7) is 0. The van der Waals surface area contributed by atoms with Crippen molar-refractivity contribution in [2.24, 2.45) is 0 Å². The minimum Gasteiger partial charge on any atom is -0.362 e. The van der Waals surface area contributed by atoms with E-state index >= 15 is 0 Å². The van der Waals surface area contributed by atoms with Crippen LogP contribution in [0.1, 0.15) is 29.6 Å². The number of hydrogen-bond acceptors (Lipinski definition) is 3. The van der Waals surface area contributed by atoms with Crippen LogP contribution in [0.2, 0.25) is 10.0 Å². The summed E-state index contributed by atoms with van der Waals surface area (Å²) < 4.78 is 40.9. The Labute approximate surface area is 139 Å². The molecule has 1 aliphatic heterocycles. The maximum Gasteiger partial charge on any atom is 0.410 e. The van der Waals surface area contributed by atoms with Gasteiger partial charge in [-0.25, -0.2) is 4.68 Å². The van der Waals surface area contributed by atoms with Crippen LogP contribution in [0.25, 0.3) is 0 Å². The summed E-state index contributed by atoms with van der Waals surface area (Å²) >= 11 is 11.8. The Hall–Kier alpha value is -1.91. The van der Waals surface area contributed by atoms with Gasteiger partial charge >= 0.3 is 6.18 Å². The second kappa shape index (κ2) is 5.62. The molecule has 0 fully saturated rings. The van der Waals surface area contributed by atoms with E-state index in [-0.39, 0.29) is 22.8 Å². The van der Waals surface area contributed by atoms with Crippen molar-refractivity contribution in [1.82, 2.24) is 9.78 Å². The molecule has 2 atom stereocenters. The first kappa shape index (κ1) is 16.0. The van der Waals surface area contributed by atoms with Crippen LogP contribution >= 0.6 is 23.2 Å². The van der Waals surface area contributed by atoms with Crippen LogP contribution < -0.4 is 5.32 Å². The van der Waals surface area contributed by atoms with Gasteiger partial charge in [0, 0.05) is 6.42 Å². The summed E-state index contributed by atoms with van der Waals surface area (Å²) in [6.07, 6.45) is -3.62. The highest BCUT2D eigenvalue weighted by atomic mass is 35.5. The van der Waals surface area contributed by atoms with E-state index in [0.717, 1.165) is 10.9 Å². The van der Waals surface area contributed by atoms with Crippen LogP contribution in [0.15, 0.2) is 24.4 Å². The van der Waals surface area contributed by atoms with Gasteiger partial charge in [-0.15, -0.1) is 0 Å². The lowest BCUT2D eigenvalue weighted by Gasteiger charge is -2.33. The largest absolute Gasteiger partial charge is 0.410 e. The fourth-order valence-corrected chi connectivity index (χ4v) is 2.90. The molecule has 2 aromatic rings. The molecule has 3 rings (SSSR count). The predicted octanol–water partition coefficient (Wildman–Crippen LogP) is 4.72. The molecular formula is C14H9Cl2F3N4. The second-order valence-electron chi connectivity index (χ2n) is 5.13. The van der Waals surface area contributed by atoms with Crippen molar-refractivity contribution in [2.45, 2.75) is 24.7 Å². The number of aromatic nitrogens is 2. The number of halogens is 5. The highest BCUT2D eigenvalue weighted by Gasteiger charge is 2.47. The van der Waals surface area contributed by atoms with E-state index in [4.69, 9.17) is 28.5 Å². The first-order valence-corrected chi connectivity index (χ1v) is 7.32. The van der Waals surface area contributed by atoms with Gasteiger partial charge in [-0.2, -0.15) is 23.5 Å². The average Bonchev–Trinajstić information content (AvgIpc) is 2.91. The summed E-state index contributed by atoms with van der Waals surface area (Å²) in [5, 5.41) is 16.3. The van der Waals surface area contributed by atoms with Gasteiger partial charge in [0.1, 0.15) is 17.5 Å². The Morgan fingerprint density at radius 3 is 2.65 bits per heavy atom. The molecule has 0 bridgehead atoms. The van der Waals surface area contributed by atoms with Gasteiger partial charge in [-0.3, -0.25) is 0 Å². The van der Waals surface area contributed by atoms with Gasteiger partial charge in [-0.05, 0) is 17.7 Å². The molecule has 23 heavy (non-hydrogen) atoms. The van der Waals surface area contributed by atoms with E-state index in [1.165, 1.54) is 12.1 Å². The normalized spacial score (nSPS) is 20.5. The number of anilines is 1. The summed E-state index contributed by atoms with van der Waals surface area (Å²) in [4.78, 5) is 0. The quantitative estimate of drug-likeness (QED) is 0.800. The Morgan fingerprint density at radius 1 is 1.30 bits per heavy atom. The van der Waals surface area contributed by atoms with Crippen molar-refractivity contribution >= 4 is 29.0 Å². The van der Waals surface area contributed by atoms with E-state index in [2.05, 4.69) is 10.4 Å². The molecule has 0 aliphatic carbocycles. The summed E-state index contributed by atoms with van der Waals surface area (Å²) in [6, 6.07) is 4.02. The van der Waals surface area contributed by atoms with Crippen molar-refractivity contribution in [2.75, 3.05) is 5.32 Å². The third-order valence-electron chi connectivity index (χ3n) is 3.70. The van der Waals surface area contributed by atoms with Crippen molar-refractivity contribution in [3.05, 3.63) is 45.6 Å². The molecule has 0 saturated heterocycles. The highest BCUT2D eigenvalue weighted by molar-refractivity contribution is 6.42. The van der Waals surface area contributed by atoms with E-state index in [0.29, 0.717) is 10.6 Å². The Bertz CT molecular complexity index is 794. The van der Waals surface area contributed by atoms with Gasteiger partial charge in [0.05, 0.1) is 22.3 Å². The summed E-state index contributed by atoms with van der Waals surface area (Å²) in [5.41, 5.74) is 0.619. The molecule has 2 heterocycles. The summed E-state index contributed by atoms with van der Waals surface area (Å²) in [7, 11) is 0. The maximum absolute atomic E-state index is 13.3. The molecular weight excluding hydrogens is 352 g/mol. The number of nitrogens with one attached hydrogen (secondary N) is 1. The Morgan fingerprint density at radius 2 is 2.04 bits per heavy atom. The first-order chi connectivity index (χ1) is 10.8. The standard InChI is InChI=1S/C14H9Cl2F3N4/c15-9-2-1-7(3-10(9)16)11-4-12(14(17,18)19)23-13(22-11)8(5-20)6-21-23/h1-3,6,11-12,22H,4H2/t11-,12-/m0/s1. The molecule has 1 N–H and O–H groups in total. The van der Waals surface area contributed by atoms with Gasteiger partial charge in [0.15, 0.2) is 6.04 Å². The minimum atomic E-state index is -4.48. The zero-order chi connectivity index (χ0) is 16.8. The molecule has 1 aromatic carbocycles. The lowest BCUT2D eigenvalue weighted by molar-refractivity contribution is -0.173. The molecule has 4 nitrogen and oxygen atoms in total. The summed E-state index contributed by atoms with van der Waals surface area (Å²) in [5.74, 6) is 0.0529. The number of nitrogens with zero attached hydrogens (tertiary/aromatic N) is 3. The van der Waals surface area contributed by atoms with Crippen LogP contribution in [0.3, 0.4) is 0 Å². The number of nitriles is 1. The predicted molar refractivity (Wildman–Crippen MR) is 79.5 cm³/mol. The van der Waals surface area contributed by atoms with E-state index < -0.39 is 18.3 Å². The molecule has 0 saturated carbocycles. The third kappa shape index (κ3) is 2.84. The van der Waals surface area contributed by atoms with E-state index in [9.17, 15) is 13.2 Å². The van der Waals surface area contributed by atoms with Crippen LogP contribution in [-0.4, -0.2) is 16.0 Å². The molecule has 0 spiro atoms. The maximum atomic E-state index is 13.3. The fraction of sp³-hybridized carbons (Fsp3) is 0.286. The topological polar surface area (TPSA) is 53.6 Å². The van der Waals surface area contributed by atoms with Crippen molar-refractivity contribution in [1.29, 1.82) is 5.26 Å². The number of alkyl halides is 3. The molecule has 1 aromatic heterocycles. The van der Waals surface area contributed by atoms with Gasteiger partial charge in [0.2, 0.25) is 0 Å². The first-order valence-electron chi connectivity index (χ1n) is 6.57. The smallest absolute Gasteiger partial charge is 0.362 e. The molecule has 120 valence electrons. The second-order valence-corrected chi connectivity index (χ2v) is 5.94. The van der Waals surface area contributed by atoms with Gasteiger partial charge < -0.3 is 5.32 Å². The number of hydrogen-bond donors (Lipinski definition) is 1. The average molecular weight is 361 g/mol. The number of rotatable bonds is 1. The van der Waals surface area contributed by atoms with E-state index in [1.54, 1.807) is 6.07 Å². The van der Waals surface area contributed by atoms with Crippen LogP contribution in [0.4, 0.5) is 19.0 Å². The number of fused-ring (bicyclic) bond motifs is 1. The molecule has 0 unspecified atom stereocenters. The monoisotopic (exact) mass is 360 g/mol. The Kier molecular flexibility index (Phi) is 3.90. The lowest BCUT2D eigenvalue weighted by atomic mass is 9.96. The van der Waals surface area contributed by atoms with E-state index in [1.807, 2.05) is 6.07 Å². The minimum absolute atomic E-state index is 0.0529. The van der Waals surface area contributed by atoms with Crippen molar-refractivity contribution in [3.8, 4) is 6.07 Å².